The van der Waals surface area contributed by atoms with Crippen LogP contribution in [-0.2, 0) is 0 Å². The number of methoxy groups -OCH3 is 1. The lowest BCUT2D eigenvalue weighted by molar-refractivity contribution is 0.104. The van der Waals surface area contributed by atoms with Crippen molar-refractivity contribution in [3.05, 3.63) is 69.7 Å². The van der Waals surface area contributed by atoms with E-state index < -0.39 is 0 Å². The van der Waals surface area contributed by atoms with E-state index in [1.807, 2.05) is 49.4 Å². The molecule has 0 bridgehead atoms. The molecule has 2 nitrogen and oxygen atoms in total. The molecule has 2 rings (SSSR count). The van der Waals surface area contributed by atoms with Gasteiger partial charge in [0.05, 0.1) is 7.11 Å². The number of hydrogen-bond acceptors (Lipinski definition) is 2. The number of rotatable bonds is 4. The van der Waals surface area contributed by atoms with Gasteiger partial charge in [-0.15, -0.1) is 0 Å². The van der Waals surface area contributed by atoms with Crippen molar-refractivity contribution in [3.8, 4) is 5.75 Å². The molecule has 0 radical (unpaired) electrons. The first-order valence-electron chi connectivity index (χ1n) is 6.23. The van der Waals surface area contributed by atoms with Crippen LogP contribution in [0.1, 0.15) is 21.5 Å². The minimum absolute atomic E-state index is 0.0213. The SMILES string of the molecule is COc1ccc(Br)cc1/C=C/C(=O)c1ccc(C)cc1. The molecule has 0 aliphatic carbocycles. The predicted octanol–water partition coefficient (Wildman–Crippen LogP) is 4.66. The van der Waals surface area contributed by atoms with Gasteiger partial charge in [-0.25, -0.2) is 0 Å². The quantitative estimate of drug-likeness (QED) is 0.601. The van der Waals surface area contributed by atoms with Crippen LogP contribution < -0.4 is 4.74 Å². The van der Waals surface area contributed by atoms with Crippen LogP contribution in [-0.4, -0.2) is 12.9 Å². The maximum Gasteiger partial charge on any atom is 0.185 e. The molecule has 0 aliphatic heterocycles. The number of halogens is 1. The van der Waals surface area contributed by atoms with Crippen LogP contribution in [0.25, 0.3) is 6.08 Å². The van der Waals surface area contributed by atoms with Crippen molar-refractivity contribution in [2.75, 3.05) is 7.11 Å². The standard InChI is InChI=1S/C17H15BrO2/c1-12-3-5-13(6-4-12)16(19)9-7-14-11-15(18)8-10-17(14)20-2/h3-11H,1-2H3/b9-7+. The van der Waals surface area contributed by atoms with E-state index in [-0.39, 0.29) is 5.78 Å². The van der Waals surface area contributed by atoms with E-state index in [0.29, 0.717) is 5.56 Å². The van der Waals surface area contributed by atoms with Crippen LogP contribution in [0.15, 0.2) is 53.0 Å². The fourth-order valence-electron chi connectivity index (χ4n) is 1.81. The molecule has 2 aromatic carbocycles. The van der Waals surface area contributed by atoms with E-state index in [1.54, 1.807) is 19.3 Å². The molecule has 0 N–H and O–H groups in total. The Morgan fingerprint density at radius 2 is 1.85 bits per heavy atom. The van der Waals surface area contributed by atoms with E-state index in [1.165, 1.54) is 0 Å². The topological polar surface area (TPSA) is 26.3 Å². The zero-order valence-corrected chi connectivity index (χ0v) is 13.0. The molecular formula is C17H15BrO2. The van der Waals surface area contributed by atoms with Crippen LogP contribution in [0.2, 0.25) is 0 Å². The minimum Gasteiger partial charge on any atom is -0.496 e. The summed E-state index contributed by atoms with van der Waals surface area (Å²) in [4.78, 5) is 12.1. The Morgan fingerprint density at radius 3 is 2.50 bits per heavy atom. The molecule has 102 valence electrons. The molecule has 0 fully saturated rings. The van der Waals surface area contributed by atoms with Crippen LogP contribution in [0.3, 0.4) is 0 Å². The van der Waals surface area contributed by atoms with Crippen molar-refractivity contribution in [1.29, 1.82) is 0 Å². The normalized spacial score (nSPS) is 10.8. The first-order chi connectivity index (χ1) is 9.60. The van der Waals surface area contributed by atoms with E-state index >= 15 is 0 Å². The van der Waals surface area contributed by atoms with Gasteiger partial charge in [0.15, 0.2) is 5.78 Å². The molecule has 0 amide bonds. The average Bonchev–Trinajstić information content (AvgIpc) is 2.45. The smallest absolute Gasteiger partial charge is 0.185 e. The average molecular weight is 331 g/mol. The summed E-state index contributed by atoms with van der Waals surface area (Å²) in [5.41, 5.74) is 2.68. The maximum atomic E-state index is 12.1. The van der Waals surface area contributed by atoms with Crippen molar-refractivity contribution in [2.45, 2.75) is 6.92 Å². The molecule has 2 aromatic rings. The van der Waals surface area contributed by atoms with Crippen LogP contribution in [0.5, 0.6) is 5.75 Å². The van der Waals surface area contributed by atoms with Gasteiger partial charge in [0.1, 0.15) is 5.75 Å². The number of ether oxygens (including phenoxy) is 1. The highest BCUT2D eigenvalue weighted by Gasteiger charge is 2.03. The molecule has 0 aliphatic rings. The Morgan fingerprint density at radius 1 is 1.15 bits per heavy atom. The van der Waals surface area contributed by atoms with Crippen LogP contribution in [0.4, 0.5) is 0 Å². The number of carbonyl (C=O) groups is 1. The van der Waals surface area contributed by atoms with Crippen molar-refractivity contribution in [2.24, 2.45) is 0 Å². The summed E-state index contributed by atoms with van der Waals surface area (Å²) < 4.78 is 6.22. The van der Waals surface area contributed by atoms with E-state index in [4.69, 9.17) is 4.74 Å². The highest BCUT2D eigenvalue weighted by Crippen LogP contribution is 2.24. The Bertz CT molecular complexity index is 643. The summed E-state index contributed by atoms with van der Waals surface area (Å²) in [6.45, 7) is 2.00. The second-order valence-electron chi connectivity index (χ2n) is 4.45. The van der Waals surface area contributed by atoms with E-state index in [2.05, 4.69) is 15.9 Å². The van der Waals surface area contributed by atoms with Gasteiger partial charge in [0.25, 0.3) is 0 Å². The molecular weight excluding hydrogens is 316 g/mol. The van der Waals surface area contributed by atoms with Gasteiger partial charge in [-0.05, 0) is 37.3 Å². The largest absolute Gasteiger partial charge is 0.496 e. The lowest BCUT2D eigenvalue weighted by Gasteiger charge is -2.04. The molecule has 0 saturated carbocycles. The monoisotopic (exact) mass is 330 g/mol. The van der Waals surface area contributed by atoms with Gasteiger partial charge in [0.2, 0.25) is 0 Å². The summed E-state index contributed by atoms with van der Waals surface area (Å²) >= 11 is 3.41. The Balaban J connectivity index is 2.22. The van der Waals surface area contributed by atoms with Gasteiger partial charge in [-0.1, -0.05) is 45.8 Å². The number of benzene rings is 2. The molecule has 0 spiro atoms. The molecule has 0 unspecified atom stereocenters. The Hall–Kier alpha value is -1.87. The number of aryl methyl sites for hydroxylation is 1. The third-order valence-corrected chi connectivity index (χ3v) is 3.44. The fourth-order valence-corrected chi connectivity index (χ4v) is 2.19. The zero-order valence-electron chi connectivity index (χ0n) is 11.4. The zero-order chi connectivity index (χ0) is 14.5. The molecule has 0 aromatic heterocycles. The summed E-state index contributed by atoms with van der Waals surface area (Å²) in [7, 11) is 1.61. The molecule has 20 heavy (non-hydrogen) atoms. The molecule has 0 saturated heterocycles. The lowest BCUT2D eigenvalue weighted by Crippen LogP contribution is -1.94. The highest BCUT2D eigenvalue weighted by atomic mass is 79.9. The third kappa shape index (κ3) is 3.58. The minimum atomic E-state index is -0.0213. The first-order valence-corrected chi connectivity index (χ1v) is 7.02. The van der Waals surface area contributed by atoms with Gasteiger partial charge in [-0.2, -0.15) is 0 Å². The summed E-state index contributed by atoms with van der Waals surface area (Å²) in [6.07, 6.45) is 3.33. The maximum absolute atomic E-state index is 12.1. The Labute approximate surface area is 127 Å². The second kappa shape index (κ2) is 6.53. The molecule has 0 atom stereocenters. The van der Waals surface area contributed by atoms with E-state index in [0.717, 1.165) is 21.3 Å². The van der Waals surface area contributed by atoms with Gasteiger partial charge < -0.3 is 4.74 Å². The lowest BCUT2D eigenvalue weighted by atomic mass is 10.1. The highest BCUT2D eigenvalue weighted by molar-refractivity contribution is 9.10. The third-order valence-electron chi connectivity index (χ3n) is 2.94. The fraction of sp³-hybridized carbons (Fsp3) is 0.118. The Kier molecular flexibility index (Phi) is 4.74. The number of ketones is 1. The number of hydrogen-bond donors (Lipinski definition) is 0. The van der Waals surface area contributed by atoms with Crippen LogP contribution >= 0.6 is 15.9 Å². The van der Waals surface area contributed by atoms with Gasteiger partial charge in [-0.3, -0.25) is 4.79 Å². The number of carbonyl (C=O) groups excluding carboxylic acids is 1. The summed E-state index contributed by atoms with van der Waals surface area (Å²) in [5.74, 6) is 0.716. The predicted molar refractivity (Wildman–Crippen MR) is 85.2 cm³/mol. The van der Waals surface area contributed by atoms with Crippen molar-refractivity contribution < 1.29 is 9.53 Å². The molecule has 3 heteroatoms. The second-order valence-corrected chi connectivity index (χ2v) is 5.37. The van der Waals surface area contributed by atoms with Crippen LogP contribution in [0, 0.1) is 6.92 Å². The first kappa shape index (κ1) is 14.5. The van der Waals surface area contributed by atoms with Crippen molar-refractivity contribution >= 4 is 27.8 Å². The van der Waals surface area contributed by atoms with Gasteiger partial charge in [0, 0.05) is 15.6 Å². The molecule has 0 heterocycles. The van der Waals surface area contributed by atoms with Gasteiger partial charge >= 0.3 is 0 Å². The summed E-state index contributed by atoms with van der Waals surface area (Å²) in [6, 6.07) is 13.2. The van der Waals surface area contributed by atoms with Crippen molar-refractivity contribution in [3.63, 3.8) is 0 Å². The van der Waals surface area contributed by atoms with E-state index in [9.17, 15) is 4.79 Å². The van der Waals surface area contributed by atoms with Crippen molar-refractivity contribution in [1.82, 2.24) is 0 Å². The number of allylic oxidation sites excluding steroid dienone is 1. The summed E-state index contributed by atoms with van der Waals surface area (Å²) in [5, 5.41) is 0.